The molecule has 0 atom stereocenters. The molecule has 3 aromatic rings. The first kappa shape index (κ1) is 24.2. The second-order valence-electron chi connectivity index (χ2n) is 7.77. The zero-order chi connectivity index (χ0) is 23.6. The Kier molecular flexibility index (Phi) is 8.93. The molecule has 4 rings (SSSR count). The molecule has 0 bridgehead atoms. The molecule has 1 aliphatic heterocycles. The maximum absolute atomic E-state index is 12.5. The number of esters is 1. The third-order valence-electron chi connectivity index (χ3n) is 5.27. The van der Waals surface area contributed by atoms with Gasteiger partial charge in [0.25, 0.3) is 5.91 Å². The number of benzene rings is 3. The number of carbonyl (C=O) groups excluding carboxylic acids is 2. The lowest BCUT2D eigenvalue weighted by molar-refractivity contribution is -0.150. The fourth-order valence-corrected chi connectivity index (χ4v) is 6.48. The van der Waals surface area contributed by atoms with E-state index < -0.39 is 5.97 Å². The van der Waals surface area contributed by atoms with E-state index in [1.165, 1.54) is 23.5 Å². The first-order chi connectivity index (χ1) is 16.7. The van der Waals surface area contributed by atoms with Gasteiger partial charge in [-0.25, -0.2) is 4.79 Å². The lowest BCUT2D eigenvalue weighted by Gasteiger charge is -2.21. The number of hydrogen-bond donors (Lipinski definition) is 1. The Morgan fingerprint density at radius 3 is 2.00 bits per heavy atom. The van der Waals surface area contributed by atoms with Crippen LogP contribution in [0, 0.1) is 0 Å². The number of carbonyl (C=O) groups is 2. The summed E-state index contributed by atoms with van der Waals surface area (Å²) in [4.78, 5) is 24.7. The summed E-state index contributed by atoms with van der Waals surface area (Å²) in [5, 5.41) is 2.96. The van der Waals surface area contributed by atoms with Crippen molar-refractivity contribution in [3.8, 4) is 5.75 Å². The number of ether oxygens (including phenoxy) is 2. The summed E-state index contributed by atoms with van der Waals surface area (Å²) in [6.07, 6.45) is 1.26. The van der Waals surface area contributed by atoms with Gasteiger partial charge in [-0.2, -0.15) is 0 Å². The first-order valence-electron chi connectivity index (χ1n) is 11.2. The minimum atomic E-state index is -0.589. The number of nitrogens with one attached hydrogen (secondary N) is 1. The van der Waals surface area contributed by atoms with E-state index in [0.29, 0.717) is 10.3 Å². The highest BCUT2D eigenvalue weighted by Gasteiger charge is 2.18. The zero-order valence-corrected chi connectivity index (χ0v) is 20.4. The standard InChI is InChI=1S/C27H27NO4S2/c29-24(28-26(20-8-3-1-4-9-20)21-10-5-2-6-11-21)18-32-25(30)19-31-23-14-12-22(13-15-23)27-33-16-7-17-34-27/h1-6,8-15,26-27H,7,16-19H2,(H,28,29). The number of rotatable bonds is 9. The Labute approximate surface area is 208 Å². The van der Waals surface area contributed by atoms with E-state index in [1.807, 2.05) is 108 Å². The van der Waals surface area contributed by atoms with Crippen molar-refractivity contribution in [2.24, 2.45) is 0 Å². The molecule has 5 nitrogen and oxygen atoms in total. The van der Waals surface area contributed by atoms with Gasteiger partial charge in [0, 0.05) is 0 Å². The monoisotopic (exact) mass is 493 g/mol. The molecule has 1 N–H and O–H groups in total. The minimum Gasteiger partial charge on any atom is -0.482 e. The van der Waals surface area contributed by atoms with Crippen molar-refractivity contribution in [2.45, 2.75) is 17.0 Å². The van der Waals surface area contributed by atoms with E-state index in [4.69, 9.17) is 9.47 Å². The topological polar surface area (TPSA) is 64.6 Å². The summed E-state index contributed by atoms with van der Waals surface area (Å²) < 4.78 is 11.1. The molecular formula is C27H27NO4S2. The van der Waals surface area contributed by atoms with Crippen LogP contribution in [0.15, 0.2) is 84.9 Å². The molecule has 1 fully saturated rings. The molecule has 1 amide bonds. The molecule has 34 heavy (non-hydrogen) atoms. The van der Waals surface area contributed by atoms with Crippen LogP contribution in [0.2, 0.25) is 0 Å². The van der Waals surface area contributed by atoms with Gasteiger partial charge in [0.2, 0.25) is 0 Å². The number of thioether (sulfide) groups is 2. The van der Waals surface area contributed by atoms with Crippen molar-refractivity contribution in [3.05, 3.63) is 102 Å². The predicted octanol–water partition coefficient (Wildman–Crippen LogP) is 5.38. The lowest BCUT2D eigenvalue weighted by atomic mass is 9.99. The summed E-state index contributed by atoms with van der Waals surface area (Å²) in [7, 11) is 0. The Balaban J connectivity index is 1.25. The molecule has 0 aromatic heterocycles. The van der Waals surface area contributed by atoms with E-state index >= 15 is 0 Å². The molecule has 0 aliphatic carbocycles. The summed E-state index contributed by atoms with van der Waals surface area (Å²) in [6.45, 7) is -0.617. The van der Waals surface area contributed by atoms with Gasteiger partial charge in [0.15, 0.2) is 13.2 Å². The second kappa shape index (κ2) is 12.5. The number of hydrogen-bond acceptors (Lipinski definition) is 6. The van der Waals surface area contributed by atoms with Crippen molar-refractivity contribution < 1.29 is 19.1 Å². The smallest absolute Gasteiger partial charge is 0.344 e. The molecule has 0 spiro atoms. The SMILES string of the molecule is O=C(COC(=O)COc1ccc(C2SCCCS2)cc1)NC(c1ccccc1)c1ccccc1. The Hall–Kier alpha value is -2.90. The van der Waals surface area contributed by atoms with Crippen LogP contribution in [-0.2, 0) is 14.3 Å². The van der Waals surface area contributed by atoms with Crippen LogP contribution in [0.4, 0.5) is 0 Å². The maximum atomic E-state index is 12.5. The van der Waals surface area contributed by atoms with E-state index in [0.717, 1.165) is 11.1 Å². The zero-order valence-electron chi connectivity index (χ0n) is 18.7. The van der Waals surface area contributed by atoms with Gasteiger partial charge in [0.1, 0.15) is 5.75 Å². The fraction of sp³-hybridized carbons (Fsp3) is 0.259. The van der Waals surface area contributed by atoms with Crippen molar-refractivity contribution in [2.75, 3.05) is 24.7 Å². The van der Waals surface area contributed by atoms with Gasteiger partial charge in [0.05, 0.1) is 10.6 Å². The normalized spacial score (nSPS) is 13.9. The van der Waals surface area contributed by atoms with Gasteiger partial charge < -0.3 is 14.8 Å². The highest BCUT2D eigenvalue weighted by molar-refractivity contribution is 8.16. The van der Waals surface area contributed by atoms with E-state index in [1.54, 1.807) is 0 Å². The van der Waals surface area contributed by atoms with Crippen LogP contribution in [-0.4, -0.2) is 36.6 Å². The Bertz CT molecular complexity index is 1020. The van der Waals surface area contributed by atoms with Crippen molar-refractivity contribution in [3.63, 3.8) is 0 Å². The molecular weight excluding hydrogens is 466 g/mol. The van der Waals surface area contributed by atoms with E-state index in [2.05, 4.69) is 5.32 Å². The van der Waals surface area contributed by atoms with Crippen LogP contribution < -0.4 is 10.1 Å². The van der Waals surface area contributed by atoms with Gasteiger partial charge in [-0.3, -0.25) is 4.79 Å². The third kappa shape index (κ3) is 7.05. The highest BCUT2D eigenvalue weighted by atomic mass is 32.2. The average molecular weight is 494 g/mol. The lowest BCUT2D eigenvalue weighted by Crippen LogP contribution is -2.33. The van der Waals surface area contributed by atoms with Crippen LogP contribution in [0.3, 0.4) is 0 Å². The summed E-state index contributed by atoms with van der Waals surface area (Å²) in [5.74, 6) is 2.01. The second-order valence-corrected chi connectivity index (χ2v) is 10.5. The van der Waals surface area contributed by atoms with Crippen LogP contribution >= 0.6 is 23.5 Å². The molecule has 7 heteroatoms. The van der Waals surface area contributed by atoms with Crippen LogP contribution in [0.1, 0.15) is 33.7 Å². The molecule has 1 heterocycles. The largest absolute Gasteiger partial charge is 0.482 e. The average Bonchev–Trinajstić information content (AvgIpc) is 2.91. The molecule has 0 saturated carbocycles. The van der Waals surface area contributed by atoms with E-state index in [9.17, 15) is 9.59 Å². The van der Waals surface area contributed by atoms with E-state index in [-0.39, 0.29) is 25.2 Å². The number of amides is 1. The van der Waals surface area contributed by atoms with Gasteiger partial charge in [-0.1, -0.05) is 72.8 Å². The van der Waals surface area contributed by atoms with Gasteiger partial charge in [-0.05, 0) is 46.7 Å². The highest BCUT2D eigenvalue weighted by Crippen LogP contribution is 2.43. The summed E-state index contributed by atoms with van der Waals surface area (Å²) in [6, 6.07) is 26.9. The molecule has 0 radical (unpaired) electrons. The van der Waals surface area contributed by atoms with Crippen molar-refractivity contribution in [1.82, 2.24) is 5.32 Å². The van der Waals surface area contributed by atoms with Crippen LogP contribution in [0.5, 0.6) is 5.75 Å². The molecule has 0 unspecified atom stereocenters. The summed E-state index contributed by atoms with van der Waals surface area (Å²) >= 11 is 3.92. The Morgan fingerprint density at radius 2 is 1.41 bits per heavy atom. The van der Waals surface area contributed by atoms with Crippen molar-refractivity contribution in [1.29, 1.82) is 0 Å². The van der Waals surface area contributed by atoms with Gasteiger partial charge in [-0.15, -0.1) is 23.5 Å². The van der Waals surface area contributed by atoms with Gasteiger partial charge >= 0.3 is 5.97 Å². The maximum Gasteiger partial charge on any atom is 0.344 e. The fourth-order valence-electron chi connectivity index (χ4n) is 3.58. The Morgan fingerprint density at radius 1 is 0.824 bits per heavy atom. The summed E-state index contributed by atoms with van der Waals surface area (Å²) in [5.41, 5.74) is 3.16. The first-order valence-corrected chi connectivity index (χ1v) is 13.3. The molecule has 1 aliphatic rings. The van der Waals surface area contributed by atoms with Crippen molar-refractivity contribution >= 4 is 35.4 Å². The quantitative estimate of drug-likeness (QED) is 0.404. The minimum absolute atomic E-state index is 0.250. The third-order valence-corrected chi connectivity index (χ3v) is 8.29. The molecule has 3 aromatic carbocycles. The molecule has 176 valence electrons. The van der Waals surface area contributed by atoms with Crippen LogP contribution in [0.25, 0.3) is 0 Å². The predicted molar refractivity (Wildman–Crippen MR) is 138 cm³/mol. The molecule has 1 saturated heterocycles.